The summed E-state index contributed by atoms with van der Waals surface area (Å²) in [7, 11) is 8.16. The number of hydrogen-bond acceptors (Lipinski definition) is 8. The predicted octanol–water partition coefficient (Wildman–Crippen LogP) is 4.59. The Labute approximate surface area is 249 Å². The summed E-state index contributed by atoms with van der Waals surface area (Å²) in [5, 5.41) is 0. The summed E-state index contributed by atoms with van der Waals surface area (Å²) < 4.78 is 33.9. The Morgan fingerprint density at radius 1 is 0.810 bits per heavy atom. The molecule has 5 rings (SSSR count). The van der Waals surface area contributed by atoms with Crippen molar-refractivity contribution in [3.8, 4) is 28.7 Å². The number of fused-ring (bicyclic) bond motifs is 1. The highest BCUT2D eigenvalue weighted by Crippen LogP contribution is 2.39. The first-order valence-corrected chi connectivity index (χ1v) is 14.8. The van der Waals surface area contributed by atoms with E-state index in [1.807, 2.05) is 29.2 Å². The van der Waals surface area contributed by atoms with Crippen molar-refractivity contribution >= 4 is 12.0 Å². The van der Waals surface area contributed by atoms with Gasteiger partial charge in [-0.15, -0.1) is 0 Å². The van der Waals surface area contributed by atoms with Gasteiger partial charge in [-0.25, -0.2) is 0 Å². The molecule has 0 bridgehead atoms. The Hall–Kier alpha value is -3.43. The average molecular weight is 581 g/mol. The van der Waals surface area contributed by atoms with E-state index < -0.39 is 0 Å². The number of carbonyl (C=O) groups is 1. The number of rotatable bonds is 12. The molecule has 0 N–H and O–H groups in total. The fourth-order valence-corrected chi connectivity index (χ4v) is 5.98. The molecule has 2 fully saturated rings. The molecule has 2 aromatic carbocycles. The minimum absolute atomic E-state index is 0.0407. The standard InChI is InChI=1S/C33H44N2O7/c1-37-28-16-24-7-6-8-25(15-26(24)17-29(28)38-2)33(36)35-12-11-34(19-27(35)21-42-20-22-9-10-22)18-23-13-30(39-3)32(41-5)31(14-23)40-4/h13-17,22,27H,6-12,18-21H2,1-5H3. The van der Waals surface area contributed by atoms with Crippen molar-refractivity contribution in [2.45, 2.75) is 44.7 Å². The van der Waals surface area contributed by atoms with Crippen LogP contribution in [0.2, 0.25) is 0 Å². The number of amides is 1. The fraction of sp³-hybridized carbons (Fsp3) is 0.545. The zero-order chi connectivity index (χ0) is 29.6. The summed E-state index contributed by atoms with van der Waals surface area (Å²) in [4.78, 5) is 18.5. The molecular formula is C33H44N2O7. The van der Waals surface area contributed by atoms with Gasteiger partial charge in [-0.3, -0.25) is 9.69 Å². The maximum atomic E-state index is 14.1. The maximum absolute atomic E-state index is 14.1. The van der Waals surface area contributed by atoms with Gasteiger partial charge in [-0.1, -0.05) is 0 Å². The Morgan fingerprint density at radius 2 is 1.50 bits per heavy atom. The third-order valence-corrected chi connectivity index (χ3v) is 8.46. The van der Waals surface area contributed by atoms with Crippen molar-refractivity contribution in [2.24, 2.45) is 5.92 Å². The molecule has 1 saturated carbocycles. The van der Waals surface area contributed by atoms with Crippen LogP contribution in [0.3, 0.4) is 0 Å². The number of ether oxygens (including phenoxy) is 6. The molecule has 228 valence electrons. The molecule has 1 heterocycles. The van der Waals surface area contributed by atoms with Gasteiger partial charge in [-0.05, 0) is 85.1 Å². The molecule has 0 spiro atoms. The molecule has 1 atom stereocenters. The minimum Gasteiger partial charge on any atom is -0.493 e. The monoisotopic (exact) mass is 580 g/mol. The lowest BCUT2D eigenvalue weighted by Crippen LogP contribution is -2.56. The molecule has 2 aromatic rings. The van der Waals surface area contributed by atoms with Crippen LogP contribution in [0.25, 0.3) is 6.08 Å². The van der Waals surface area contributed by atoms with Gasteiger partial charge in [0.2, 0.25) is 11.7 Å². The largest absolute Gasteiger partial charge is 0.493 e. The molecule has 9 heteroatoms. The van der Waals surface area contributed by atoms with Crippen LogP contribution in [-0.4, -0.2) is 90.1 Å². The van der Waals surface area contributed by atoms with E-state index in [0.29, 0.717) is 48.6 Å². The first-order valence-electron chi connectivity index (χ1n) is 14.8. The van der Waals surface area contributed by atoms with Crippen molar-refractivity contribution in [1.82, 2.24) is 9.80 Å². The number of benzene rings is 2. The van der Waals surface area contributed by atoms with Crippen LogP contribution in [0, 0.1) is 5.92 Å². The van der Waals surface area contributed by atoms with Crippen molar-refractivity contribution in [2.75, 3.05) is 68.4 Å². The van der Waals surface area contributed by atoms with Crippen LogP contribution in [0.5, 0.6) is 28.7 Å². The Bertz CT molecular complexity index is 1260. The van der Waals surface area contributed by atoms with E-state index in [-0.39, 0.29) is 11.9 Å². The van der Waals surface area contributed by atoms with Crippen LogP contribution >= 0.6 is 0 Å². The van der Waals surface area contributed by atoms with Crippen LogP contribution in [0.1, 0.15) is 42.4 Å². The molecule has 1 amide bonds. The third-order valence-electron chi connectivity index (χ3n) is 8.46. The van der Waals surface area contributed by atoms with E-state index in [9.17, 15) is 4.79 Å². The highest BCUT2D eigenvalue weighted by Gasteiger charge is 2.33. The predicted molar refractivity (Wildman–Crippen MR) is 161 cm³/mol. The van der Waals surface area contributed by atoms with Gasteiger partial charge >= 0.3 is 0 Å². The van der Waals surface area contributed by atoms with Crippen molar-refractivity contribution < 1.29 is 33.2 Å². The smallest absolute Gasteiger partial charge is 0.250 e. The lowest BCUT2D eigenvalue weighted by atomic mass is 10.0. The third kappa shape index (κ3) is 6.79. The molecule has 1 aliphatic heterocycles. The molecule has 2 aliphatic carbocycles. The lowest BCUT2D eigenvalue weighted by Gasteiger charge is -2.42. The fourth-order valence-electron chi connectivity index (χ4n) is 5.98. The molecule has 9 nitrogen and oxygen atoms in total. The summed E-state index contributed by atoms with van der Waals surface area (Å²) in [6, 6.07) is 7.97. The number of aryl methyl sites for hydroxylation is 1. The van der Waals surface area contributed by atoms with E-state index in [0.717, 1.165) is 61.4 Å². The van der Waals surface area contributed by atoms with E-state index >= 15 is 0 Å². The second-order valence-corrected chi connectivity index (χ2v) is 11.3. The SMILES string of the molecule is COc1cc2c(cc1OC)CCCC(C(=O)N1CCN(Cc3cc(OC)c(OC)c(OC)c3)CC1COCC1CC1)=C2. The van der Waals surface area contributed by atoms with Gasteiger partial charge in [-0.2, -0.15) is 0 Å². The van der Waals surface area contributed by atoms with E-state index in [2.05, 4.69) is 11.0 Å². The Morgan fingerprint density at radius 3 is 2.14 bits per heavy atom. The van der Waals surface area contributed by atoms with Crippen molar-refractivity contribution in [3.63, 3.8) is 0 Å². The van der Waals surface area contributed by atoms with Gasteiger partial charge in [0.25, 0.3) is 0 Å². The lowest BCUT2D eigenvalue weighted by molar-refractivity contribution is -0.134. The van der Waals surface area contributed by atoms with Gasteiger partial charge in [0.15, 0.2) is 23.0 Å². The molecule has 3 aliphatic rings. The second kappa shape index (κ2) is 13.7. The Balaban J connectivity index is 1.35. The first kappa shape index (κ1) is 30.0. The number of nitrogens with zero attached hydrogens (tertiary/aromatic N) is 2. The van der Waals surface area contributed by atoms with E-state index in [1.165, 1.54) is 18.4 Å². The molecular weight excluding hydrogens is 536 g/mol. The number of hydrogen-bond donors (Lipinski definition) is 0. The summed E-state index contributed by atoms with van der Waals surface area (Å²) in [5.74, 6) is 4.02. The van der Waals surface area contributed by atoms with Crippen LogP contribution in [0.4, 0.5) is 0 Å². The number of piperazine rings is 1. The average Bonchev–Trinajstić information content (AvgIpc) is 3.86. The highest BCUT2D eigenvalue weighted by molar-refractivity contribution is 5.98. The zero-order valence-electron chi connectivity index (χ0n) is 25.6. The highest BCUT2D eigenvalue weighted by atomic mass is 16.5. The first-order chi connectivity index (χ1) is 20.5. The van der Waals surface area contributed by atoms with Crippen molar-refractivity contribution in [3.05, 3.63) is 46.5 Å². The number of carbonyl (C=O) groups excluding carboxylic acids is 1. The quantitative estimate of drug-likeness (QED) is 0.361. The van der Waals surface area contributed by atoms with Gasteiger partial charge in [0.05, 0.1) is 48.2 Å². The molecule has 0 radical (unpaired) electrons. The summed E-state index contributed by atoms with van der Waals surface area (Å²) >= 11 is 0. The summed E-state index contributed by atoms with van der Waals surface area (Å²) in [5.41, 5.74) is 4.10. The van der Waals surface area contributed by atoms with E-state index in [4.69, 9.17) is 28.4 Å². The van der Waals surface area contributed by atoms with Gasteiger partial charge in [0, 0.05) is 38.4 Å². The second-order valence-electron chi connectivity index (χ2n) is 11.3. The zero-order valence-corrected chi connectivity index (χ0v) is 25.6. The molecule has 1 saturated heterocycles. The normalized spacial score (nSPS) is 18.9. The summed E-state index contributed by atoms with van der Waals surface area (Å²) in [6.45, 7) is 4.12. The van der Waals surface area contributed by atoms with Gasteiger partial charge < -0.3 is 33.3 Å². The van der Waals surface area contributed by atoms with Crippen LogP contribution < -0.4 is 23.7 Å². The van der Waals surface area contributed by atoms with Gasteiger partial charge in [0.1, 0.15) is 0 Å². The summed E-state index contributed by atoms with van der Waals surface area (Å²) in [6.07, 6.45) is 7.06. The molecule has 0 aromatic heterocycles. The molecule has 1 unspecified atom stereocenters. The minimum atomic E-state index is -0.0407. The van der Waals surface area contributed by atoms with Crippen LogP contribution in [-0.2, 0) is 22.5 Å². The van der Waals surface area contributed by atoms with Crippen molar-refractivity contribution in [1.29, 1.82) is 0 Å². The topological polar surface area (TPSA) is 78.9 Å². The van der Waals surface area contributed by atoms with Crippen LogP contribution in [0.15, 0.2) is 29.8 Å². The maximum Gasteiger partial charge on any atom is 0.250 e. The molecule has 42 heavy (non-hydrogen) atoms. The van der Waals surface area contributed by atoms with E-state index in [1.54, 1.807) is 35.5 Å². The number of methoxy groups -OCH3 is 5. The Kier molecular flexibility index (Phi) is 9.80.